The average molecular weight is 281 g/mol. The molecule has 0 spiro atoms. The predicted molar refractivity (Wildman–Crippen MR) is 79.7 cm³/mol. The van der Waals surface area contributed by atoms with Gasteiger partial charge >= 0.3 is 0 Å². The van der Waals surface area contributed by atoms with Crippen LogP contribution in [0.1, 0.15) is 28.0 Å². The molecule has 5 heteroatoms. The summed E-state index contributed by atoms with van der Waals surface area (Å²) in [5.74, 6) is 5.30. The van der Waals surface area contributed by atoms with Crippen molar-refractivity contribution in [1.82, 2.24) is 9.97 Å². The quantitative estimate of drug-likeness (QED) is 0.841. The molecule has 0 fully saturated rings. The van der Waals surface area contributed by atoms with Crippen molar-refractivity contribution < 1.29 is 9.90 Å². The Kier molecular flexibility index (Phi) is 5.02. The van der Waals surface area contributed by atoms with E-state index < -0.39 is 0 Å². The van der Waals surface area contributed by atoms with Gasteiger partial charge in [0.1, 0.15) is 5.69 Å². The fourth-order valence-corrected chi connectivity index (χ4v) is 1.68. The molecule has 1 amide bonds. The second-order valence-electron chi connectivity index (χ2n) is 4.32. The lowest BCUT2D eigenvalue weighted by Crippen LogP contribution is -2.16. The molecule has 0 unspecified atom stereocenters. The first-order valence-corrected chi connectivity index (χ1v) is 6.49. The van der Waals surface area contributed by atoms with Crippen molar-refractivity contribution in [2.24, 2.45) is 0 Å². The Hall–Kier alpha value is -2.71. The van der Waals surface area contributed by atoms with Crippen molar-refractivity contribution >= 4 is 11.6 Å². The zero-order valence-corrected chi connectivity index (χ0v) is 11.6. The van der Waals surface area contributed by atoms with Gasteiger partial charge in [-0.3, -0.25) is 9.78 Å². The Morgan fingerprint density at radius 2 is 2.24 bits per heavy atom. The van der Waals surface area contributed by atoms with Crippen LogP contribution < -0.4 is 5.32 Å². The molecule has 2 aromatic rings. The summed E-state index contributed by atoms with van der Waals surface area (Å²) in [6.45, 7) is 1.88. The van der Waals surface area contributed by atoms with Crippen LogP contribution in [-0.4, -0.2) is 27.6 Å². The lowest BCUT2D eigenvalue weighted by Gasteiger charge is -2.08. The van der Waals surface area contributed by atoms with E-state index in [4.69, 9.17) is 5.11 Å². The minimum absolute atomic E-state index is 0.0102. The normalized spacial score (nSPS) is 9.62. The van der Waals surface area contributed by atoms with Crippen molar-refractivity contribution in [1.29, 1.82) is 0 Å². The number of amides is 1. The zero-order chi connectivity index (χ0) is 15.1. The number of hydrogen-bond acceptors (Lipinski definition) is 4. The lowest BCUT2D eigenvalue weighted by atomic mass is 10.1. The summed E-state index contributed by atoms with van der Waals surface area (Å²) in [4.78, 5) is 20.4. The monoisotopic (exact) mass is 281 g/mol. The molecule has 0 aliphatic heterocycles. The molecule has 2 N–H and O–H groups in total. The van der Waals surface area contributed by atoms with Gasteiger partial charge in [0, 0.05) is 18.8 Å². The Labute approximate surface area is 123 Å². The van der Waals surface area contributed by atoms with E-state index in [0.717, 1.165) is 5.56 Å². The summed E-state index contributed by atoms with van der Waals surface area (Å²) in [6.07, 6.45) is 5.16. The average Bonchev–Trinajstić information content (AvgIpc) is 2.50. The smallest absolute Gasteiger partial charge is 0.275 e. The van der Waals surface area contributed by atoms with Gasteiger partial charge in [0.25, 0.3) is 5.91 Å². The number of aliphatic hydroxyl groups excluding tert-OH is 1. The van der Waals surface area contributed by atoms with E-state index in [1.165, 1.54) is 0 Å². The first kappa shape index (κ1) is 14.7. The van der Waals surface area contributed by atoms with Crippen LogP contribution in [-0.2, 0) is 0 Å². The van der Waals surface area contributed by atoms with Gasteiger partial charge in [-0.25, -0.2) is 4.98 Å². The maximum atomic E-state index is 12.3. The Morgan fingerprint density at radius 1 is 1.38 bits per heavy atom. The third-order valence-corrected chi connectivity index (χ3v) is 2.77. The van der Waals surface area contributed by atoms with Crippen LogP contribution in [0.2, 0.25) is 0 Å². The molecule has 0 saturated carbocycles. The molecule has 0 aromatic carbocycles. The highest BCUT2D eigenvalue weighted by atomic mass is 16.2. The van der Waals surface area contributed by atoms with E-state index >= 15 is 0 Å². The van der Waals surface area contributed by atoms with Crippen molar-refractivity contribution in [3.8, 4) is 11.8 Å². The summed E-state index contributed by atoms with van der Waals surface area (Å²) in [5.41, 5.74) is 2.35. The number of nitrogens with zero attached hydrogens (tertiary/aromatic N) is 2. The summed E-state index contributed by atoms with van der Waals surface area (Å²) in [5, 5.41) is 11.5. The lowest BCUT2D eigenvalue weighted by molar-refractivity contribution is 0.102. The van der Waals surface area contributed by atoms with Crippen molar-refractivity contribution in [3.05, 3.63) is 53.6 Å². The van der Waals surface area contributed by atoms with Gasteiger partial charge in [0.05, 0.1) is 24.1 Å². The van der Waals surface area contributed by atoms with Crippen molar-refractivity contribution in [2.75, 3.05) is 11.9 Å². The third-order valence-electron chi connectivity index (χ3n) is 2.77. The van der Waals surface area contributed by atoms with Crippen LogP contribution in [0.15, 0.2) is 36.8 Å². The molecular formula is C16H15N3O2. The maximum Gasteiger partial charge on any atom is 0.275 e. The molecule has 21 heavy (non-hydrogen) atoms. The molecule has 0 bridgehead atoms. The Balaban J connectivity index is 2.24. The van der Waals surface area contributed by atoms with E-state index in [-0.39, 0.29) is 18.2 Å². The van der Waals surface area contributed by atoms with Gasteiger partial charge in [-0.2, -0.15) is 0 Å². The summed E-state index contributed by atoms with van der Waals surface area (Å²) in [6, 6.07) is 5.26. The molecule has 5 nitrogen and oxygen atoms in total. The SMILES string of the molecule is Cc1ccncc1NC(=O)c1ncccc1C#CCCO. The number of pyridine rings is 2. The molecular weight excluding hydrogens is 266 g/mol. The Bertz CT molecular complexity index is 702. The summed E-state index contributed by atoms with van der Waals surface area (Å²) in [7, 11) is 0. The number of aryl methyl sites for hydroxylation is 1. The molecule has 106 valence electrons. The van der Waals surface area contributed by atoms with Crippen LogP contribution in [0.5, 0.6) is 0 Å². The van der Waals surface area contributed by atoms with Gasteiger partial charge in [-0.05, 0) is 30.7 Å². The van der Waals surface area contributed by atoms with Crippen LogP contribution in [0.4, 0.5) is 5.69 Å². The summed E-state index contributed by atoms with van der Waals surface area (Å²) < 4.78 is 0. The highest BCUT2D eigenvalue weighted by molar-refractivity contribution is 6.04. The highest BCUT2D eigenvalue weighted by Gasteiger charge is 2.12. The number of anilines is 1. The van der Waals surface area contributed by atoms with Gasteiger partial charge < -0.3 is 10.4 Å². The van der Waals surface area contributed by atoms with E-state index in [9.17, 15) is 4.79 Å². The first-order valence-electron chi connectivity index (χ1n) is 6.49. The third kappa shape index (κ3) is 3.88. The largest absolute Gasteiger partial charge is 0.395 e. The fourth-order valence-electron chi connectivity index (χ4n) is 1.68. The number of aliphatic hydroxyl groups is 1. The van der Waals surface area contributed by atoms with E-state index in [0.29, 0.717) is 17.7 Å². The second-order valence-corrected chi connectivity index (χ2v) is 4.32. The molecule has 0 aliphatic carbocycles. The second kappa shape index (κ2) is 7.17. The van der Waals surface area contributed by atoms with E-state index in [2.05, 4.69) is 27.1 Å². The van der Waals surface area contributed by atoms with Crippen LogP contribution in [0, 0.1) is 18.8 Å². The van der Waals surface area contributed by atoms with Gasteiger partial charge in [-0.15, -0.1) is 0 Å². The first-order chi connectivity index (χ1) is 10.2. The highest BCUT2D eigenvalue weighted by Crippen LogP contribution is 2.13. The van der Waals surface area contributed by atoms with Gasteiger partial charge in [-0.1, -0.05) is 11.8 Å². The molecule has 2 rings (SSSR count). The predicted octanol–water partition coefficient (Wildman–Crippen LogP) is 1.77. The van der Waals surface area contributed by atoms with E-state index in [1.807, 2.05) is 13.0 Å². The van der Waals surface area contributed by atoms with Crippen molar-refractivity contribution in [3.63, 3.8) is 0 Å². The number of hydrogen-bond donors (Lipinski definition) is 2. The van der Waals surface area contributed by atoms with Crippen LogP contribution in [0.3, 0.4) is 0 Å². The number of rotatable bonds is 3. The molecule has 0 aliphatic rings. The minimum atomic E-state index is -0.333. The summed E-state index contributed by atoms with van der Waals surface area (Å²) >= 11 is 0. The number of carbonyl (C=O) groups is 1. The molecule has 2 heterocycles. The molecule has 2 aromatic heterocycles. The Morgan fingerprint density at radius 3 is 3.00 bits per heavy atom. The zero-order valence-electron chi connectivity index (χ0n) is 11.6. The maximum absolute atomic E-state index is 12.3. The van der Waals surface area contributed by atoms with Crippen LogP contribution >= 0.6 is 0 Å². The van der Waals surface area contributed by atoms with Crippen molar-refractivity contribution in [2.45, 2.75) is 13.3 Å². The minimum Gasteiger partial charge on any atom is -0.395 e. The van der Waals surface area contributed by atoms with E-state index in [1.54, 1.807) is 30.7 Å². The fraction of sp³-hybridized carbons (Fsp3) is 0.188. The number of aromatic nitrogens is 2. The number of nitrogens with one attached hydrogen (secondary N) is 1. The topological polar surface area (TPSA) is 75.1 Å². The van der Waals surface area contributed by atoms with Gasteiger partial charge in [0.2, 0.25) is 0 Å². The molecule has 0 saturated heterocycles. The number of carbonyl (C=O) groups excluding carboxylic acids is 1. The van der Waals surface area contributed by atoms with Gasteiger partial charge in [0.15, 0.2) is 0 Å². The molecule has 0 atom stereocenters. The molecule has 0 radical (unpaired) electrons. The standard InChI is InChI=1S/C16H15N3O2/c1-12-7-9-17-11-14(12)19-16(21)15-13(5-2-3-10-20)6-4-8-18-15/h4,6-9,11,20H,3,10H2,1H3,(H,19,21). The van der Waals surface area contributed by atoms with Crippen LogP contribution in [0.25, 0.3) is 0 Å².